The molecule has 0 spiro atoms. The Morgan fingerprint density at radius 3 is 2.85 bits per heavy atom. The van der Waals surface area contributed by atoms with E-state index in [1.807, 2.05) is 4.68 Å². The SMILES string of the molecule is CCc1nn(CC)c(CC(=O)C2=CCCCCC2)c1Br. The topological polar surface area (TPSA) is 34.9 Å². The van der Waals surface area contributed by atoms with Gasteiger partial charge in [0.15, 0.2) is 5.78 Å². The molecule has 1 heterocycles. The largest absolute Gasteiger partial charge is 0.294 e. The van der Waals surface area contributed by atoms with E-state index in [1.54, 1.807) is 0 Å². The molecule has 0 fully saturated rings. The number of hydrogen-bond acceptors (Lipinski definition) is 2. The molecule has 0 saturated carbocycles. The second-order valence-corrected chi connectivity index (χ2v) is 6.10. The zero-order valence-corrected chi connectivity index (χ0v) is 14.0. The Balaban J connectivity index is 2.18. The van der Waals surface area contributed by atoms with Crippen molar-refractivity contribution in [2.24, 2.45) is 0 Å². The lowest BCUT2D eigenvalue weighted by Gasteiger charge is -2.07. The Bertz CT molecular complexity index is 517. The summed E-state index contributed by atoms with van der Waals surface area (Å²) in [6.07, 6.45) is 9.09. The third-order valence-electron chi connectivity index (χ3n) is 3.92. The molecule has 3 nitrogen and oxygen atoms in total. The van der Waals surface area contributed by atoms with E-state index in [0.717, 1.165) is 53.7 Å². The van der Waals surface area contributed by atoms with Crippen LogP contribution in [0.15, 0.2) is 16.1 Å². The molecule has 1 aromatic heterocycles. The maximum Gasteiger partial charge on any atom is 0.164 e. The van der Waals surface area contributed by atoms with Crippen LogP contribution in [0.2, 0.25) is 0 Å². The molecule has 1 aliphatic rings. The highest BCUT2D eigenvalue weighted by Crippen LogP contribution is 2.25. The van der Waals surface area contributed by atoms with Gasteiger partial charge in [-0.15, -0.1) is 0 Å². The highest BCUT2D eigenvalue weighted by molar-refractivity contribution is 9.10. The van der Waals surface area contributed by atoms with E-state index < -0.39 is 0 Å². The minimum atomic E-state index is 0.268. The number of carbonyl (C=O) groups excluding carboxylic acids is 1. The first-order chi connectivity index (χ1) is 9.67. The van der Waals surface area contributed by atoms with Gasteiger partial charge >= 0.3 is 0 Å². The number of aryl methyl sites for hydroxylation is 2. The van der Waals surface area contributed by atoms with Gasteiger partial charge in [-0.25, -0.2) is 0 Å². The van der Waals surface area contributed by atoms with Crippen LogP contribution in [0, 0.1) is 0 Å². The Labute approximate surface area is 129 Å². The van der Waals surface area contributed by atoms with Gasteiger partial charge in [-0.3, -0.25) is 9.48 Å². The van der Waals surface area contributed by atoms with Crippen LogP contribution in [-0.2, 0) is 24.2 Å². The maximum atomic E-state index is 12.5. The van der Waals surface area contributed by atoms with Crippen molar-refractivity contribution in [3.8, 4) is 0 Å². The van der Waals surface area contributed by atoms with Gasteiger partial charge in [0.05, 0.1) is 22.3 Å². The molecule has 0 amide bonds. The molecule has 0 unspecified atom stereocenters. The van der Waals surface area contributed by atoms with Crippen LogP contribution in [0.3, 0.4) is 0 Å². The van der Waals surface area contributed by atoms with E-state index in [1.165, 1.54) is 12.8 Å². The molecule has 1 aliphatic carbocycles. The lowest BCUT2D eigenvalue weighted by molar-refractivity contribution is -0.115. The van der Waals surface area contributed by atoms with Crippen molar-refractivity contribution < 1.29 is 4.79 Å². The molecular formula is C16H23BrN2O. The van der Waals surface area contributed by atoms with Crippen LogP contribution in [-0.4, -0.2) is 15.6 Å². The van der Waals surface area contributed by atoms with Gasteiger partial charge in [0.25, 0.3) is 0 Å². The van der Waals surface area contributed by atoms with E-state index in [0.29, 0.717) is 6.42 Å². The zero-order valence-electron chi connectivity index (χ0n) is 12.4. The van der Waals surface area contributed by atoms with E-state index in [2.05, 4.69) is 41.0 Å². The molecule has 0 bridgehead atoms. The Hall–Kier alpha value is -0.900. The quantitative estimate of drug-likeness (QED) is 0.805. The number of aromatic nitrogens is 2. The maximum absolute atomic E-state index is 12.5. The van der Waals surface area contributed by atoms with Gasteiger partial charge in [0.2, 0.25) is 0 Å². The Morgan fingerprint density at radius 2 is 2.15 bits per heavy atom. The number of rotatable bonds is 5. The van der Waals surface area contributed by atoms with Gasteiger partial charge in [-0.1, -0.05) is 19.4 Å². The fourth-order valence-electron chi connectivity index (χ4n) is 2.72. The van der Waals surface area contributed by atoms with Gasteiger partial charge < -0.3 is 0 Å². The minimum Gasteiger partial charge on any atom is -0.294 e. The van der Waals surface area contributed by atoms with Crippen molar-refractivity contribution in [2.45, 2.75) is 65.3 Å². The number of allylic oxidation sites excluding steroid dienone is 2. The number of nitrogens with zero attached hydrogens (tertiary/aromatic N) is 2. The third-order valence-corrected chi connectivity index (χ3v) is 4.84. The molecule has 4 heteroatoms. The molecule has 0 N–H and O–H groups in total. The molecule has 20 heavy (non-hydrogen) atoms. The van der Waals surface area contributed by atoms with E-state index in [9.17, 15) is 4.79 Å². The van der Waals surface area contributed by atoms with Crippen molar-refractivity contribution in [1.82, 2.24) is 9.78 Å². The second-order valence-electron chi connectivity index (χ2n) is 5.31. The van der Waals surface area contributed by atoms with E-state index in [-0.39, 0.29) is 5.78 Å². The summed E-state index contributed by atoms with van der Waals surface area (Å²) in [5.41, 5.74) is 3.10. The van der Waals surface area contributed by atoms with Gasteiger partial charge in [-0.2, -0.15) is 5.10 Å². The highest BCUT2D eigenvalue weighted by atomic mass is 79.9. The number of Topliss-reactive ketones (excluding diaryl/α,β-unsaturated/α-hetero) is 1. The van der Waals surface area contributed by atoms with Crippen molar-refractivity contribution in [3.63, 3.8) is 0 Å². The number of hydrogen-bond donors (Lipinski definition) is 0. The van der Waals surface area contributed by atoms with E-state index in [4.69, 9.17) is 0 Å². The normalized spacial score (nSPS) is 15.8. The summed E-state index contributed by atoms with van der Waals surface area (Å²) in [7, 11) is 0. The minimum absolute atomic E-state index is 0.268. The first kappa shape index (κ1) is 15.5. The zero-order chi connectivity index (χ0) is 14.5. The number of ketones is 1. The monoisotopic (exact) mass is 338 g/mol. The fraction of sp³-hybridized carbons (Fsp3) is 0.625. The van der Waals surface area contributed by atoms with Gasteiger partial charge in [0.1, 0.15) is 0 Å². The summed E-state index contributed by atoms with van der Waals surface area (Å²) in [5, 5.41) is 4.56. The molecule has 2 rings (SSSR count). The standard InChI is InChI=1S/C16H23BrN2O/c1-3-13-16(17)14(19(4-2)18-13)11-15(20)12-9-7-5-6-8-10-12/h9H,3-8,10-11H2,1-2H3. The van der Waals surface area contributed by atoms with Crippen LogP contribution in [0.25, 0.3) is 0 Å². The van der Waals surface area contributed by atoms with Crippen molar-refractivity contribution >= 4 is 21.7 Å². The second kappa shape index (κ2) is 7.21. The van der Waals surface area contributed by atoms with Crippen LogP contribution >= 0.6 is 15.9 Å². The van der Waals surface area contributed by atoms with Crippen LogP contribution in [0.1, 0.15) is 57.3 Å². The fourth-order valence-corrected chi connectivity index (χ4v) is 3.42. The molecular weight excluding hydrogens is 316 g/mol. The molecule has 0 aliphatic heterocycles. The molecule has 0 radical (unpaired) electrons. The molecule has 0 aromatic carbocycles. The highest BCUT2D eigenvalue weighted by Gasteiger charge is 2.19. The molecule has 110 valence electrons. The summed E-state index contributed by atoms with van der Waals surface area (Å²) >= 11 is 3.62. The number of halogens is 1. The molecule has 0 atom stereocenters. The average molecular weight is 339 g/mol. The summed E-state index contributed by atoms with van der Waals surface area (Å²) in [6, 6.07) is 0. The Kier molecular flexibility index (Phi) is 5.58. The molecule has 1 aromatic rings. The number of carbonyl (C=O) groups is 1. The summed E-state index contributed by atoms with van der Waals surface area (Å²) in [5.74, 6) is 0.268. The lowest BCUT2D eigenvalue weighted by Crippen LogP contribution is -2.12. The van der Waals surface area contributed by atoms with Crippen LogP contribution < -0.4 is 0 Å². The third kappa shape index (κ3) is 3.40. The predicted octanol–water partition coefficient (Wildman–Crippen LogP) is 4.23. The first-order valence-electron chi connectivity index (χ1n) is 7.63. The summed E-state index contributed by atoms with van der Waals surface area (Å²) in [4.78, 5) is 12.5. The van der Waals surface area contributed by atoms with E-state index >= 15 is 0 Å². The predicted molar refractivity (Wildman–Crippen MR) is 84.9 cm³/mol. The summed E-state index contributed by atoms with van der Waals surface area (Å²) in [6.45, 7) is 4.96. The first-order valence-corrected chi connectivity index (χ1v) is 8.42. The van der Waals surface area contributed by atoms with Crippen molar-refractivity contribution in [2.75, 3.05) is 0 Å². The van der Waals surface area contributed by atoms with Crippen LogP contribution in [0.4, 0.5) is 0 Å². The summed E-state index contributed by atoms with van der Waals surface area (Å²) < 4.78 is 2.97. The lowest BCUT2D eigenvalue weighted by atomic mass is 10.0. The smallest absolute Gasteiger partial charge is 0.164 e. The van der Waals surface area contributed by atoms with Crippen molar-refractivity contribution in [3.05, 3.63) is 27.5 Å². The van der Waals surface area contributed by atoms with Crippen molar-refractivity contribution in [1.29, 1.82) is 0 Å². The Morgan fingerprint density at radius 1 is 1.35 bits per heavy atom. The molecule has 0 saturated heterocycles. The van der Waals surface area contributed by atoms with Gasteiger partial charge in [-0.05, 0) is 60.5 Å². The van der Waals surface area contributed by atoms with Gasteiger partial charge in [0, 0.05) is 6.54 Å². The average Bonchev–Trinajstić information content (AvgIpc) is 2.65. The van der Waals surface area contributed by atoms with Crippen LogP contribution in [0.5, 0.6) is 0 Å².